The average Bonchev–Trinajstić information content (AvgIpc) is 2.70. The molecule has 0 atom stereocenters. The summed E-state index contributed by atoms with van der Waals surface area (Å²) in [7, 11) is 0. The van der Waals surface area contributed by atoms with Gasteiger partial charge in [0.15, 0.2) is 0 Å². The summed E-state index contributed by atoms with van der Waals surface area (Å²) in [6, 6.07) is 5.81. The van der Waals surface area contributed by atoms with Crippen LogP contribution in [0.4, 0.5) is 0 Å². The molecule has 0 bridgehead atoms. The monoisotopic (exact) mass is 187 g/mol. The molecule has 0 aliphatic rings. The standard InChI is InChI=1S/C9H7N3.C2H6/c1-6-7(4-10)2-3-9-8(6)5-11-12-9;1-2/h2-3,5H,1H3,(H,11,12);1-2H3. The number of aromatic amines is 1. The molecule has 1 heterocycles. The van der Waals surface area contributed by atoms with Crippen molar-refractivity contribution in [2.75, 3.05) is 0 Å². The predicted molar refractivity (Wildman–Crippen MR) is 56.9 cm³/mol. The second kappa shape index (κ2) is 4.43. The molecule has 1 aromatic heterocycles. The second-order valence-electron chi connectivity index (χ2n) is 2.68. The van der Waals surface area contributed by atoms with E-state index in [2.05, 4.69) is 16.3 Å². The number of benzene rings is 1. The zero-order valence-electron chi connectivity index (χ0n) is 8.63. The van der Waals surface area contributed by atoms with Crippen LogP contribution in [0.3, 0.4) is 0 Å². The van der Waals surface area contributed by atoms with Crippen LogP contribution in [0.1, 0.15) is 25.0 Å². The van der Waals surface area contributed by atoms with Crippen LogP contribution in [0.15, 0.2) is 18.3 Å². The fourth-order valence-corrected chi connectivity index (χ4v) is 1.28. The van der Waals surface area contributed by atoms with E-state index in [9.17, 15) is 0 Å². The predicted octanol–water partition coefficient (Wildman–Crippen LogP) is 2.77. The minimum absolute atomic E-state index is 0.712. The van der Waals surface area contributed by atoms with Crippen molar-refractivity contribution in [2.45, 2.75) is 20.8 Å². The summed E-state index contributed by atoms with van der Waals surface area (Å²) in [6.45, 7) is 5.93. The van der Waals surface area contributed by atoms with Crippen molar-refractivity contribution in [2.24, 2.45) is 0 Å². The normalized spacial score (nSPS) is 9.00. The Hall–Kier alpha value is -1.82. The molecule has 1 N–H and O–H groups in total. The van der Waals surface area contributed by atoms with Crippen LogP contribution in [0.25, 0.3) is 10.9 Å². The number of aryl methyl sites for hydroxylation is 1. The SMILES string of the molecule is CC.Cc1c(C#N)ccc2[nH]ncc12. The highest BCUT2D eigenvalue weighted by Crippen LogP contribution is 2.18. The van der Waals surface area contributed by atoms with Gasteiger partial charge in [-0.2, -0.15) is 10.4 Å². The smallest absolute Gasteiger partial charge is 0.0994 e. The highest BCUT2D eigenvalue weighted by Gasteiger charge is 2.02. The van der Waals surface area contributed by atoms with Crippen LogP contribution >= 0.6 is 0 Å². The molecule has 3 heteroatoms. The molecule has 0 saturated heterocycles. The maximum absolute atomic E-state index is 8.73. The second-order valence-corrected chi connectivity index (χ2v) is 2.68. The van der Waals surface area contributed by atoms with Crippen molar-refractivity contribution in [3.63, 3.8) is 0 Å². The number of rotatable bonds is 0. The first-order valence-corrected chi connectivity index (χ1v) is 4.65. The Bertz CT molecular complexity index is 463. The highest BCUT2D eigenvalue weighted by molar-refractivity contribution is 5.83. The summed E-state index contributed by atoms with van der Waals surface area (Å²) in [5.41, 5.74) is 2.68. The van der Waals surface area contributed by atoms with Crippen molar-refractivity contribution in [1.29, 1.82) is 5.26 Å². The number of hydrogen-bond donors (Lipinski definition) is 1. The van der Waals surface area contributed by atoms with Crippen molar-refractivity contribution >= 4 is 10.9 Å². The first-order chi connectivity index (χ1) is 6.83. The number of nitrogens with zero attached hydrogens (tertiary/aromatic N) is 2. The average molecular weight is 187 g/mol. The molecular weight excluding hydrogens is 174 g/mol. The number of H-pyrrole nitrogens is 1. The van der Waals surface area contributed by atoms with E-state index < -0.39 is 0 Å². The Morgan fingerprint density at radius 2 is 2.07 bits per heavy atom. The molecule has 0 aliphatic carbocycles. The Morgan fingerprint density at radius 1 is 1.36 bits per heavy atom. The van der Waals surface area contributed by atoms with E-state index in [4.69, 9.17) is 5.26 Å². The van der Waals surface area contributed by atoms with E-state index in [1.54, 1.807) is 12.3 Å². The van der Waals surface area contributed by atoms with Crippen molar-refractivity contribution < 1.29 is 0 Å². The third-order valence-corrected chi connectivity index (χ3v) is 2.01. The minimum Gasteiger partial charge on any atom is -0.278 e. The van der Waals surface area contributed by atoms with Crippen LogP contribution in [0, 0.1) is 18.3 Å². The van der Waals surface area contributed by atoms with Gasteiger partial charge in [-0.3, -0.25) is 5.10 Å². The van der Waals surface area contributed by atoms with Crippen LogP contribution in [0.5, 0.6) is 0 Å². The van der Waals surface area contributed by atoms with E-state index in [1.807, 2.05) is 26.8 Å². The molecule has 0 radical (unpaired) electrons. The van der Waals surface area contributed by atoms with Gasteiger partial charge in [0.2, 0.25) is 0 Å². The van der Waals surface area contributed by atoms with Gasteiger partial charge in [0.05, 0.1) is 23.3 Å². The van der Waals surface area contributed by atoms with Gasteiger partial charge in [-0.1, -0.05) is 13.8 Å². The van der Waals surface area contributed by atoms with Gasteiger partial charge >= 0.3 is 0 Å². The largest absolute Gasteiger partial charge is 0.278 e. The Kier molecular flexibility index (Phi) is 3.24. The molecule has 14 heavy (non-hydrogen) atoms. The number of aromatic nitrogens is 2. The third kappa shape index (κ3) is 1.60. The molecular formula is C11H13N3. The van der Waals surface area contributed by atoms with Crippen LogP contribution < -0.4 is 0 Å². The van der Waals surface area contributed by atoms with Crippen LogP contribution in [-0.2, 0) is 0 Å². The van der Waals surface area contributed by atoms with Crippen LogP contribution in [0.2, 0.25) is 0 Å². The summed E-state index contributed by atoms with van der Waals surface area (Å²) in [6.07, 6.45) is 1.74. The Labute approximate surface area is 83.4 Å². The van der Waals surface area contributed by atoms with E-state index >= 15 is 0 Å². The van der Waals surface area contributed by atoms with Gasteiger partial charge < -0.3 is 0 Å². The molecule has 72 valence electrons. The van der Waals surface area contributed by atoms with Crippen molar-refractivity contribution in [3.05, 3.63) is 29.5 Å². The molecule has 0 aliphatic heterocycles. The first-order valence-electron chi connectivity index (χ1n) is 4.65. The van der Waals surface area contributed by atoms with E-state index in [-0.39, 0.29) is 0 Å². The fourth-order valence-electron chi connectivity index (χ4n) is 1.28. The van der Waals surface area contributed by atoms with Crippen molar-refractivity contribution in [1.82, 2.24) is 10.2 Å². The maximum Gasteiger partial charge on any atom is 0.0994 e. The summed E-state index contributed by atoms with van der Waals surface area (Å²) in [5, 5.41) is 16.5. The summed E-state index contributed by atoms with van der Waals surface area (Å²) < 4.78 is 0. The van der Waals surface area contributed by atoms with E-state index in [1.165, 1.54) is 0 Å². The van der Waals surface area contributed by atoms with E-state index in [0.717, 1.165) is 16.5 Å². The lowest BCUT2D eigenvalue weighted by Crippen LogP contribution is -1.81. The Morgan fingerprint density at radius 3 is 2.71 bits per heavy atom. The summed E-state index contributed by atoms with van der Waals surface area (Å²) in [4.78, 5) is 0. The zero-order valence-corrected chi connectivity index (χ0v) is 8.63. The molecule has 0 spiro atoms. The lowest BCUT2D eigenvalue weighted by atomic mass is 10.1. The van der Waals surface area contributed by atoms with Gasteiger partial charge in [0.1, 0.15) is 0 Å². The zero-order chi connectivity index (χ0) is 10.6. The van der Waals surface area contributed by atoms with Gasteiger partial charge in [-0.15, -0.1) is 0 Å². The molecule has 2 rings (SSSR count). The molecule has 0 saturated carbocycles. The van der Waals surface area contributed by atoms with Gasteiger partial charge in [0, 0.05) is 5.39 Å². The number of hydrogen-bond acceptors (Lipinski definition) is 2. The topological polar surface area (TPSA) is 52.5 Å². The van der Waals surface area contributed by atoms with Gasteiger partial charge in [0.25, 0.3) is 0 Å². The third-order valence-electron chi connectivity index (χ3n) is 2.01. The summed E-state index contributed by atoms with van der Waals surface area (Å²) >= 11 is 0. The summed E-state index contributed by atoms with van der Waals surface area (Å²) in [5.74, 6) is 0. The lowest BCUT2D eigenvalue weighted by Gasteiger charge is -1.96. The number of fused-ring (bicyclic) bond motifs is 1. The van der Waals surface area contributed by atoms with E-state index in [0.29, 0.717) is 5.56 Å². The molecule has 3 nitrogen and oxygen atoms in total. The van der Waals surface area contributed by atoms with Gasteiger partial charge in [-0.25, -0.2) is 0 Å². The molecule has 0 unspecified atom stereocenters. The number of nitrogens with one attached hydrogen (secondary N) is 1. The minimum atomic E-state index is 0.712. The molecule has 2 aromatic rings. The van der Waals surface area contributed by atoms with Crippen LogP contribution in [-0.4, -0.2) is 10.2 Å². The lowest BCUT2D eigenvalue weighted by molar-refractivity contribution is 1.12. The molecule has 0 fully saturated rings. The van der Waals surface area contributed by atoms with Crippen molar-refractivity contribution in [3.8, 4) is 6.07 Å². The highest BCUT2D eigenvalue weighted by atomic mass is 15.1. The Balaban J connectivity index is 0.000000461. The molecule has 1 aromatic carbocycles. The molecule has 0 amide bonds. The number of nitriles is 1. The maximum atomic E-state index is 8.73. The van der Waals surface area contributed by atoms with Gasteiger partial charge in [-0.05, 0) is 24.6 Å². The first kappa shape index (κ1) is 10.3. The fraction of sp³-hybridized carbons (Fsp3) is 0.273. The quantitative estimate of drug-likeness (QED) is 0.689.